The van der Waals surface area contributed by atoms with Gasteiger partial charge in [0, 0.05) is 45.1 Å². The van der Waals surface area contributed by atoms with E-state index in [2.05, 4.69) is 10.3 Å². The van der Waals surface area contributed by atoms with Crippen LogP contribution < -0.4 is 5.32 Å². The van der Waals surface area contributed by atoms with E-state index in [9.17, 15) is 9.59 Å². The van der Waals surface area contributed by atoms with Gasteiger partial charge < -0.3 is 19.9 Å². The Kier molecular flexibility index (Phi) is 5.40. The topological polar surface area (TPSA) is 74.8 Å². The van der Waals surface area contributed by atoms with Crippen LogP contribution >= 0.6 is 0 Å². The molecule has 1 N–H and O–H groups in total. The molecule has 3 atom stereocenters. The lowest BCUT2D eigenvalue weighted by atomic mass is 9.76. The van der Waals surface area contributed by atoms with Gasteiger partial charge in [0.15, 0.2) is 0 Å². The van der Waals surface area contributed by atoms with Gasteiger partial charge in [0.25, 0.3) is 0 Å². The summed E-state index contributed by atoms with van der Waals surface area (Å²) < 4.78 is 5.54. The Morgan fingerprint density at radius 2 is 1.90 bits per heavy atom. The van der Waals surface area contributed by atoms with Crippen molar-refractivity contribution < 1.29 is 14.3 Å². The van der Waals surface area contributed by atoms with Crippen molar-refractivity contribution in [1.82, 2.24) is 20.1 Å². The summed E-state index contributed by atoms with van der Waals surface area (Å²) in [6.07, 6.45) is 6.72. The average Bonchev–Trinajstić information content (AvgIpc) is 3.28. The number of nitrogens with zero attached hydrogens (tertiary/aromatic N) is 3. The molecule has 1 aliphatic carbocycles. The fourth-order valence-corrected chi connectivity index (χ4v) is 4.90. The van der Waals surface area contributed by atoms with E-state index >= 15 is 0 Å². The molecule has 2 aliphatic heterocycles. The molecule has 29 heavy (non-hydrogen) atoms. The molecule has 0 aromatic carbocycles. The molecule has 7 nitrogen and oxygen atoms in total. The lowest BCUT2D eigenvalue weighted by Gasteiger charge is -2.31. The van der Waals surface area contributed by atoms with Crippen LogP contribution in [0.1, 0.15) is 51.2 Å². The SMILES string of the molecule is CC(C)(C)OC(=O)N1C[C@H]2CCC(CNC(=O)N3Cc4ccncc4C3)C[C@H]2C1. The van der Waals surface area contributed by atoms with E-state index in [1.807, 2.05) is 42.8 Å². The minimum absolute atomic E-state index is 0.00475. The zero-order valence-corrected chi connectivity index (χ0v) is 17.7. The Hall–Kier alpha value is -2.31. The van der Waals surface area contributed by atoms with Crippen molar-refractivity contribution in [2.75, 3.05) is 19.6 Å². The first-order valence-electron chi connectivity index (χ1n) is 10.7. The van der Waals surface area contributed by atoms with E-state index in [4.69, 9.17) is 4.74 Å². The van der Waals surface area contributed by atoms with Crippen LogP contribution in [0.3, 0.4) is 0 Å². The highest BCUT2D eigenvalue weighted by atomic mass is 16.6. The molecular formula is C22H32N4O3. The zero-order chi connectivity index (χ0) is 20.6. The Bertz CT molecular complexity index is 751. The monoisotopic (exact) mass is 400 g/mol. The third-order valence-electron chi connectivity index (χ3n) is 6.37. The Balaban J connectivity index is 1.23. The van der Waals surface area contributed by atoms with Crippen molar-refractivity contribution in [3.05, 3.63) is 29.6 Å². The van der Waals surface area contributed by atoms with Crippen molar-refractivity contribution in [2.45, 2.75) is 58.7 Å². The van der Waals surface area contributed by atoms with Gasteiger partial charge in [-0.2, -0.15) is 0 Å². The van der Waals surface area contributed by atoms with Crippen molar-refractivity contribution in [2.24, 2.45) is 17.8 Å². The number of amides is 3. The van der Waals surface area contributed by atoms with Crippen LogP contribution in [-0.4, -0.2) is 52.1 Å². The van der Waals surface area contributed by atoms with Gasteiger partial charge >= 0.3 is 12.1 Å². The van der Waals surface area contributed by atoms with Crippen LogP contribution in [0.5, 0.6) is 0 Å². The van der Waals surface area contributed by atoms with Crippen LogP contribution in [0.2, 0.25) is 0 Å². The fraction of sp³-hybridized carbons (Fsp3) is 0.682. The molecule has 1 aromatic rings. The van der Waals surface area contributed by atoms with Gasteiger partial charge in [-0.05, 0) is 75.0 Å². The second-order valence-corrected chi connectivity index (χ2v) is 9.77. The molecular weight excluding hydrogens is 368 g/mol. The summed E-state index contributed by atoms with van der Waals surface area (Å²) in [6.45, 7) is 9.29. The number of likely N-dealkylation sites (tertiary alicyclic amines) is 1. The molecule has 7 heteroatoms. The number of aromatic nitrogens is 1. The van der Waals surface area contributed by atoms with E-state index < -0.39 is 5.60 Å². The van der Waals surface area contributed by atoms with Crippen LogP contribution in [0.4, 0.5) is 9.59 Å². The lowest BCUT2D eigenvalue weighted by molar-refractivity contribution is 0.0284. The number of carbonyl (C=O) groups is 2. The quantitative estimate of drug-likeness (QED) is 0.826. The number of hydrogen-bond donors (Lipinski definition) is 1. The Labute approximate surface area is 172 Å². The van der Waals surface area contributed by atoms with Crippen LogP contribution in [0.25, 0.3) is 0 Å². The van der Waals surface area contributed by atoms with Gasteiger partial charge in [-0.15, -0.1) is 0 Å². The normalized spacial score (nSPS) is 26.1. The summed E-state index contributed by atoms with van der Waals surface area (Å²) in [5, 5.41) is 3.14. The molecule has 3 amide bonds. The summed E-state index contributed by atoms with van der Waals surface area (Å²) in [5.74, 6) is 1.56. The predicted octanol–water partition coefficient (Wildman–Crippen LogP) is 3.39. The van der Waals surface area contributed by atoms with Gasteiger partial charge in [-0.3, -0.25) is 4.98 Å². The number of rotatable bonds is 2. The summed E-state index contributed by atoms with van der Waals surface area (Å²) in [7, 11) is 0. The Morgan fingerprint density at radius 1 is 1.14 bits per heavy atom. The molecule has 1 saturated carbocycles. The van der Waals surface area contributed by atoms with Gasteiger partial charge in [0.1, 0.15) is 5.60 Å². The fourth-order valence-electron chi connectivity index (χ4n) is 4.90. The summed E-state index contributed by atoms with van der Waals surface area (Å²) >= 11 is 0. The van der Waals surface area contributed by atoms with Gasteiger partial charge in [-0.1, -0.05) is 0 Å². The van der Waals surface area contributed by atoms with Gasteiger partial charge in [0.05, 0.1) is 0 Å². The molecule has 1 aromatic heterocycles. The minimum Gasteiger partial charge on any atom is -0.444 e. The van der Waals surface area contributed by atoms with E-state index in [1.54, 1.807) is 6.20 Å². The van der Waals surface area contributed by atoms with E-state index in [0.717, 1.165) is 37.9 Å². The molecule has 1 saturated heterocycles. The third-order valence-corrected chi connectivity index (χ3v) is 6.37. The van der Waals surface area contributed by atoms with Crippen molar-refractivity contribution in [3.8, 4) is 0 Å². The molecule has 158 valence electrons. The number of pyridine rings is 1. The predicted molar refractivity (Wildman–Crippen MR) is 109 cm³/mol. The largest absolute Gasteiger partial charge is 0.444 e. The van der Waals surface area contributed by atoms with Crippen LogP contribution in [0, 0.1) is 17.8 Å². The number of nitrogens with one attached hydrogen (secondary N) is 1. The number of carbonyl (C=O) groups excluding carboxylic acids is 2. The number of hydrogen-bond acceptors (Lipinski definition) is 4. The highest BCUT2D eigenvalue weighted by molar-refractivity contribution is 5.75. The maximum atomic E-state index is 12.6. The highest BCUT2D eigenvalue weighted by Crippen LogP contribution is 2.39. The standard InChI is InChI=1S/C22H32N4O3/c1-22(2,3)29-21(28)26-12-16-5-4-15(8-18(16)13-26)9-24-20(27)25-11-17-6-7-23-10-19(17)14-25/h6-7,10,15-16,18H,4-5,8-9,11-14H2,1-3H3,(H,24,27)/t15?,16-,18+/m1/s1. The number of ether oxygens (including phenoxy) is 1. The molecule has 1 unspecified atom stereocenters. The number of urea groups is 1. The number of fused-ring (bicyclic) bond motifs is 2. The maximum Gasteiger partial charge on any atom is 0.410 e. The molecule has 2 fully saturated rings. The van der Waals surface area contributed by atoms with Gasteiger partial charge in [-0.25, -0.2) is 9.59 Å². The van der Waals surface area contributed by atoms with Crippen molar-refractivity contribution in [1.29, 1.82) is 0 Å². The third kappa shape index (κ3) is 4.65. The molecule has 4 rings (SSSR count). The molecule has 0 spiro atoms. The molecule has 0 bridgehead atoms. The minimum atomic E-state index is -0.455. The Morgan fingerprint density at radius 3 is 2.66 bits per heavy atom. The molecule has 0 radical (unpaired) electrons. The lowest BCUT2D eigenvalue weighted by Crippen LogP contribution is -2.40. The van der Waals surface area contributed by atoms with Gasteiger partial charge in [0.2, 0.25) is 0 Å². The van der Waals surface area contributed by atoms with Crippen molar-refractivity contribution >= 4 is 12.1 Å². The first kappa shape index (κ1) is 20.0. The first-order chi connectivity index (χ1) is 13.8. The van der Waals surface area contributed by atoms with Crippen molar-refractivity contribution in [3.63, 3.8) is 0 Å². The van der Waals surface area contributed by atoms with Crippen LogP contribution in [-0.2, 0) is 17.8 Å². The summed E-state index contributed by atoms with van der Waals surface area (Å²) in [4.78, 5) is 32.8. The second kappa shape index (κ2) is 7.84. The summed E-state index contributed by atoms with van der Waals surface area (Å²) in [5.41, 5.74) is 1.86. The zero-order valence-electron chi connectivity index (χ0n) is 17.7. The highest BCUT2D eigenvalue weighted by Gasteiger charge is 2.40. The average molecular weight is 401 g/mol. The van der Waals surface area contributed by atoms with E-state index in [1.165, 1.54) is 5.56 Å². The molecule has 3 heterocycles. The summed E-state index contributed by atoms with van der Waals surface area (Å²) in [6, 6.07) is 1.99. The smallest absolute Gasteiger partial charge is 0.410 e. The molecule has 3 aliphatic rings. The van der Waals surface area contributed by atoms with E-state index in [0.29, 0.717) is 37.4 Å². The van der Waals surface area contributed by atoms with E-state index in [-0.39, 0.29) is 12.1 Å². The first-order valence-corrected chi connectivity index (χ1v) is 10.7. The second-order valence-electron chi connectivity index (χ2n) is 9.77. The van der Waals surface area contributed by atoms with Crippen LogP contribution in [0.15, 0.2) is 18.5 Å². The maximum absolute atomic E-state index is 12.6.